The number of nitrogens with zero attached hydrogens (tertiary/aromatic N) is 1. The molecule has 1 aromatic heterocycles. The summed E-state index contributed by atoms with van der Waals surface area (Å²) in [5.74, 6) is 2.62. The summed E-state index contributed by atoms with van der Waals surface area (Å²) in [4.78, 5) is 4.57. The van der Waals surface area contributed by atoms with Crippen molar-refractivity contribution in [2.45, 2.75) is 32.2 Å². The van der Waals surface area contributed by atoms with Gasteiger partial charge in [0.05, 0.1) is 10.7 Å². The van der Waals surface area contributed by atoms with Gasteiger partial charge in [-0.15, -0.1) is 11.3 Å². The minimum atomic E-state index is 0.751. The molecule has 1 aliphatic rings. The van der Waals surface area contributed by atoms with Crippen molar-refractivity contribution in [3.63, 3.8) is 0 Å². The maximum atomic E-state index is 4.57. The second kappa shape index (κ2) is 5.87. The minimum Gasteiger partial charge on any atom is -0.313 e. The lowest BCUT2D eigenvalue weighted by Crippen LogP contribution is -2.30. The number of rotatable bonds is 5. The summed E-state index contributed by atoms with van der Waals surface area (Å²) in [5, 5.41) is 7.07. The molecule has 0 spiro atoms. The summed E-state index contributed by atoms with van der Waals surface area (Å²) in [6.45, 7) is 3.24. The molecule has 84 valence electrons. The predicted molar refractivity (Wildman–Crippen MR) is 68.9 cm³/mol. The highest BCUT2D eigenvalue weighted by Crippen LogP contribution is 2.17. The Hall–Kier alpha value is -0.0600. The van der Waals surface area contributed by atoms with E-state index in [1.807, 2.05) is 0 Å². The summed E-state index contributed by atoms with van der Waals surface area (Å²) < 4.78 is 0. The molecule has 15 heavy (non-hydrogen) atoms. The summed E-state index contributed by atoms with van der Waals surface area (Å²) in [7, 11) is 0. The van der Waals surface area contributed by atoms with Crippen molar-refractivity contribution in [2.24, 2.45) is 0 Å². The number of thioether (sulfide) groups is 1. The third-order valence-electron chi connectivity index (χ3n) is 2.66. The van der Waals surface area contributed by atoms with Crippen LogP contribution >= 0.6 is 23.1 Å². The normalized spacial score (nSPS) is 21.0. The Bertz CT molecular complexity index is 293. The van der Waals surface area contributed by atoms with Crippen molar-refractivity contribution < 1.29 is 0 Å². The van der Waals surface area contributed by atoms with E-state index < -0.39 is 0 Å². The molecule has 0 unspecified atom stereocenters. The lowest BCUT2D eigenvalue weighted by atomic mass is 10.2. The van der Waals surface area contributed by atoms with Crippen LogP contribution in [-0.2, 0) is 12.8 Å². The van der Waals surface area contributed by atoms with Gasteiger partial charge in [-0.2, -0.15) is 11.8 Å². The van der Waals surface area contributed by atoms with Gasteiger partial charge in [0.15, 0.2) is 0 Å². The van der Waals surface area contributed by atoms with Gasteiger partial charge in [0.2, 0.25) is 0 Å². The van der Waals surface area contributed by atoms with Gasteiger partial charge in [0, 0.05) is 30.1 Å². The first-order valence-electron chi connectivity index (χ1n) is 5.63. The number of hydrogen-bond donors (Lipinski definition) is 1. The molecule has 1 fully saturated rings. The zero-order chi connectivity index (χ0) is 10.5. The fourth-order valence-electron chi connectivity index (χ4n) is 1.70. The standard InChI is InChI=1S/C11H18N2S2/c1-2-9-8-15-11(13-9)3-5-12-10-4-6-14-7-10/h8,10,12H,2-7H2,1H3/t10-/m1/s1. The third kappa shape index (κ3) is 3.47. The molecule has 0 aliphatic carbocycles. The van der Waals surface area contributed by atoms with Crippen LogP contribution in [0.5, 0.6) is 0 Å². The van der Waals surface area contributed by atoms with Crippen LogP contribution in [0.15, 0.2) is 5.38 Å². The Morgan fingerprint density at radius 1 is 1.60 bits per heavy atom. The van der Waals surface area contributed by atoms with E-state index in [9.17, 15) is 0 Å². The number of thiazole rings is 1. The highest BCUT2D eigenvalue weighted by Gasteiger charge is 2.14. The number of aromatic nitrogens is 1. The van der Waals surface area contributed by atoms with E-state index in [1.165, 1.54) is 28.6 Å². The molecular formula is C11H18N2S2. The second-order valence-electron chi connectivity index (χ2n) is 3.85. The van der Waals surface area contributed by atoms with E-state index >= 15 is 0 Å². The zero-order valence-electron chi connectivity index (χ0n) is 9.16. The quantitative estimate of drug-likeness (QED) is 0.858. The molecule has 2 nitrogen and oxygen atoms in total. The van der Waals surface area contributed by atoms with Crippen LogP contribution in [0, 0.1) is 0 Å². The van der Waals surface area contributed by atoms with Crippen LogP contribution in [0.1, 0.15) is 24.0 Å². The molecule has 0 aromatic carbocycles. The van der Waals surface area contributed by atoms with Gasteiger partial charge in [-0.25, -0.2) is 4.98 Å². The summed E-state index contributed by atoms with van der Waals surface area (Å²) in [6, 6.07) is 0.751. The van der Waals surface area contributed by atoms with Crippen molar-refractivity contribution in [3.05, 3.63) is 16.1 Å². The lowest BCUT2D eigenvalue weighted by Gasteiger charge is -2.09. The highest BCUT2D eigenvalue weighted by atomic mass is 32.2. The maximum absolute atomic E-state index is 4.57. The molecule has 0 bridgehead atoms. The first-order chi connectivity index (χ1) is 7.38. The molecular weight excluding hydrogens is 224 g/mol. The van der Waals surface area contributed by atoms with Crippen molar-refractivity contribution >= 4 is 23.1 Å². The SMILES string of the molecule is CCc1csc(CCN[C@@H]2CCSC2)n1. The van der Waals surface area contributed by atoms with Gasteiger partial charge in [-0.3, -0.25) is 0 Å². The third-order valence-corrected chi connectivity index (χ3v) is 4.78. The highest BCUT2D eigenvalue weighted by molar-refractivity contribution is 7.99. The molecule has 1 N–H and O–H groups in total. The van der Waals surface area contributed by atoms with E-state index in [0.717, 1.165) is 25.4 Å². The molecule has 0 amide bonds. The number of hydrogen-bond acceptors (Lipinski definition) is 4. The van der Waals surface area contributed by atoms with Crippen molar-refractivity contribution in [1.82, 2.24) is 10.3 Å². The van der Waals surface area contributed by atoms with E-state index in [1.54, 1.807) is 11.3 Å². The predicted octanol–water partition coefficient (Wildman–Crippen LogP) is 2.34. The van der Waals surface area contributed by atoms with E-state index in [4.69, 9.17) is 0 Å². The van der Waals surface area contributed by atoms with Crippen molar-refractivity contribution in [2.75, 3.05) is 18.1 Å². The van der Waals surface area contributed by atoms with Crippen LogP contribution in [-0.4, -0.2) is 29.1 Å². The fourth-order valence-corrected chi connectivity index (χ4v) is 3.77. The first-order valence-corrected chi connectivity index (χ1v) is 7.66. The second-order valence-corrected chi connectivity index (χ2v) is 5.94. The van der Waals surface area contributed by atoms with Crippen molar-refractivity contribution in [3.8, 4) is 0 Å². The first kappa shape index (κ1) is 11.4. The van der Waals surface area contributed by atoms with Gasteiger partial charge in [0.25, 0.3) is 0 Å². The molecule has 0 saturated carbocycles. The van der Waals surface area contributed by atoms with E-state index in [0.29, 0.717) is 0 Å². The molecule has 1 aliphatic heterocycles. The Morgan fingerprint density at radius 2 is 2.53 bits per heavy atom. The van der Waals surface area contributed by atoms with Crippen LogP contribution in [0.3, 0.4) is 0 Å². The summed E-state index contributed by atoms with van der Waals surface area (Å²) >= 11 is 3.86. The molecule has 2 rings (SSSR count). The van der Waals surface area contributed by atoms with Crippen LogP contribution in [0.2, 0.25) is 0 Å². The topological polar surface area (TPSA) is 24.9 Å². The average molecular weight is 242 g/mol. The van der Waals surface area contributed by atoms with Crippen LogP contribution < -0.4 is 5.32 Å². The number of aryl methyl sites for hydroxylation is 1. The molecule has 2 heterocycles. The molecule has 1 atom stereocenters. The van der Waals surface area contributed by atoms with Gasteiger partial charge in [-0.05, 0) is 18.6 Å². The van der Waals surface area contributed by atoms with E-state index in [2.05, 4.69) is 34.4 Å². The Labute approximate surface area is 99.9 Å². The van der Waals surface area contributed by atoms with Crippen molar-refractivity contribution in [1.29, 1.82) is 0 Å². The summed E-state index contributed by atoms with van der Waals surface area (Å²) in [5.41, 5.74) is 1.24. The minimum absolute atomic E-state index is 0.751. The molecule has 1 aromatic rings. The smallest absolute Gasteiger partial charge is 0.0940 e. The Balaban J connectivity index is 1.68. The molecule has 1 saturated heterocycles. The Kier molecular flexibility index (Phi) is 4.47. The summed E-state index contributed by atoms with van der Waals surface area (Å²) in [6.07, 6.45) is 3.48. The van der Waals surface area contributed by atoms with Gasteiger partial charge in [0.1, 0.15) is 0 Å². The number of nitrogens with one attached hydrogen (secondary N) is 1. The maximum Gasteiger partial charge on any atom is 0.0940 e. The van der Waals surface area contributed by atoms with Crippen LogP contribution in [0.25, 0.3) is 0 Å². The van der Waals surface area contributed by atoms with Gasteiger partial charge in [-0.1, -0.05) is 6.92 Å². The zero-order valence-corrected chi connectivity index (χ0v) is 10.8. The molecule has 0 radical (unpaired) electrons. The lowest BCUT2D eigenvalue weighted by molar-refractivity contribution is 0.560. The van der Waals surface area contributed by atoms with Gasteiger partial charge < -0.3 is 5.32 Å². The monoisotopic (exact) mass is 242 g/mol. The van der Waals surface area contributed by atoms with E-state index in [-0.39, 0.29) is 0 Å². The largest absolute Gasteiger partial charge is 0.313 e. The van der Waals surface area contributed by atoms with Gasteiger partial charge >= 0.3 is 0 Å². The Morgan fingerprint density at radius 3 is 3.20 bits per heavy atom. The average Bonchev–Trinajstić information content (AvgIpc) is 2.88. The fraction of sp³-hybridized carbons (Fsp3) is 0.727. The van der Waals surface area contributed by atoms with Crippen LogP contribution in [0.4, 0.5) is 0 Å². The molecule has 4 heteroatoms.